The van der Waals surface area contributed by atoms with E-state index in [0.29, 0.717) is 12.5 Å². The lowest BCUT2D eigenvalue weighted by molar-refractivity contribution is 0.0519. The Balaban J connectivity index is 1.69. The second-order valence-corrected chi connectivity index (χ2v) is 6.47. The van der Waals surface area contributed by atoms with E-state index in [0.717, 1.165) is 31.7 Å². The second-order valence-electron chi connectivity index (χ2n) is 6.47. The topological polar surface area (TPSA) is 67.3 Å². The third-order valence-electron chi connectivity index (χ3n) is 3.31. The fourth-order valence-corrected chi connectivity index (χ4v) is 2.41. The first kappa shape index (κ1) is 15.7. The van der Waals surface area contributed by atoms with E-state index in [2.05, 4.69) is 20.2 Å². The number of nitrogens with one attached hydrogen (secondary N) is 1. The van der Waals surface area contributed by atoms with Gasteiger partial charge in [0.05, 0.1) is 5.69 Å². The zero-order valence-electron chi connectivity index (χ0n) is 13.0. The van der Waals surface area contributed by atoms with Gasteiger partial charge in [0.15, 0.2) is 0 Å². The molecule has 1 aliphatic rings. The summed E-state index contributed by atoms with van der Waals surface area (Å²) in [6.45, 7) is 9.06. The molecule has 0 bridgehead atoms. The molecule has 6 heteroatoms. The maximum atomic E-state index is 11.6. The average Bonchev–Trinajstić information content (AvgIpc) is 2.83. The molecule has 1 aromatic rings. The largest absolute Gasteiger partial charge is 0.444 e. The van der Waals surface area contributed by atoms with Crippen molar-refractivity contribution in [3.05, 3.63) is 24.3 Å². The van der Waals surface area contributed by atoms with Crippen LogP contribution in [0.15, 0.2) is 18.6 Å². The highest BCUT2D eigenvalue weighted by Crippen LogP contribution is 2.17. The Morgan fingerprint density at radius 1 is 1.48 bits per heavy atom. The normalized spacial score (nSPS) is 19.5. The van der Waals surface area contributed by atoms with Crippen LogP contribution in [0.25, 0.3) is 0 Å². The monoisotopic (exact) mass is 292 g/mol. The molecule has 0 saturated carbocycles. The van der Waals surface area contributed by atoms with Crippen LogP contribution >= 0.6 is 0 Å². The molecule has 6 nitrogen and oxygen atoms in total. The van der Waals surface area contributed by atoms with Crippen molar-refractivity contribution in [3.8, 4) is 0 Å². The Kier molecular flexibility index (Phi) is 5.12. The minimum absolute atomic E-state index is 0.338. The van der Waals surface area contributed by atoms with Gasteiger partial charge in [0.25, 0.3) is 0 Å². The minimum atomic E-state index is -0.447. The summed E-state index contributed by atoms with van der Waals surface area (Å²) >= 11 is 0. The van der Waals surface area contributed by atoms with E-state index in [9.17, 15) is 4.79 Å². The fourth-order valence-electron chi connectivity index (χ4n) is 2.41. The van der Waals surface area contributed by atoms with Gasteiger partial charge in [0.2, 0.25) is 0 Å². The molecule has 2 heterocycles. The third kappa shape index (κ3) is 5.67. The summed E-state index contributed by atoms with van der Waals surface area (Å²) in [4.78, 5) is 22.3. The number of ether oxygens (including phenoxy) is 1. The molecule has 1 fully saturated rings. The van der Waals surface area contributed by atoms with Crippen LogP contribution in [0, 0.1) is 5.92 Å². The summed E-state index contributed by atoms with van der Waals surface area (Å²) in [5.74, 6) is 0.467. The smallest absolute Gasteiger partial charge is 0.407 e. The number of hydrogen-bond acceptors (Lipinski definition) is 5. The van der Waals surface area contributed by atoms with Crippen LogP contribution in [-0.2, 0) is 11.3 Å². The Hall–Kier alpha value is -1.69. The molecule has 0 spiro atoms. The van der Waals surface area contributed by atoms with Gasteiger partial charge in [-0.1, -0.05) is 0 Å². The summed E-state index contributed by atoms with van der Waals surface area (Å²) in [6, 6.07) is 0. The van der Waals surface area contributed by atoms with Crippen LogP contribution < -0.4 is 5.32 Å². The van der Waals surface area contributed by atoms with Crippen molar-refractivity contribution in [2.24, 2.45) is 5.92 Å². The third-order valence-corrected chi connectivity index (χ3v) is 3.31. The Labute approximate surface area is 125 Å². The molecular weight excluding hydrogens is 268 g/mol. The standard InChI is InChI=1S/C15H24N4O2/c1-15(2,3)21-14(20)18-8-12-4-7-19(10-12)11-13-9-16-5-6-17-13/h5-6,9,12H,4,7-8,10-11H2,1-3H3,(H,18,20)/t12-/m0/s1. The van der Waals surface area contributed by atoms with Gasteiger partial charge in [-0.3, -0.25) is 14.9 Å². The second kappa shape index (κ2) is 6.85. The van der Waals surface area contributed by atoms with E-state index in [1.165, 1.54) is 0 Å². The number of amides is 1. The van der Waals surface area contributed by atoms with Crippen LogP contribution in [0.3, 0.4) is 0 Å². The van der Waals surface area contributed by atoms with Crippen molar-refractivity contribution >= 4 is 6.09 Å². The minimum Gasteiger partial charge on any atom is -0.444 e. The van der Waals surface area contributed by atoms with Crippen molar-refractivity contribution in [1.82, 2.24) is 20.2 Å². The van der Waals surface area contributed by atoms with Gasteiger partial charge in [0, 0.05) is 38.2 Å². The molecule has 1 aromatic heterocycles. The molecule has 1 saturated heterocycles. The first-order valence-electron chi connectivity index (χ1n) is 7.36. The molecule has 2 rings (SSSR count). The molecule has 116 valence electrons. The highest BCUT2D eigenvalue weighted by molar-refractivity contribution is 5.67. The van der Waals surface area contributed by atoms with Crippen molar-refractivity contribution in [3.63, 3.8) is 0 Å². The first-order chi connectivity index (χ1) is 9.92. The van der Waals surface area contributed by atoms with Gasteiger partial charge >= 0.3 is 6.09 Å². The van der Waals surface area contributed by atoms with Crippen LogP contribution in [0.4, 0.5) is 4.79 Å². The molecule has 0 radical (unpaired) electrons. The van der Waals surface area contributed by atoms with Crippen LogP contribution in [0.2, 0.25) is 0 Å². The van der Waals surface area contributed by atoms with E-state index >= 15 is 0 Å². The summed E-state index contributed by atoms with van der Waals surface area (Å²) < 4.78 is 5.24. The van der Waals surface area contributed by atoms with Gasteiger partial charge in [0.1, 0.15) is 5.60 Å². The number of hydrogen-bond donors (Lipinski definition) is 1. The van der Waals surface area contributed by atoms with Crippen molar-refractivity contribution < 1.29 is 9.53 Å². The Bertz CT molecular complexity index is 458. The SMILES string of the molecule is CC(C)(C)OC(=O)NC[C@@H]1CCN(Cc2cnccn2)C1. The highest BCUT2D eigenvalue weighted by Gasteiger charge is 2.24. The molecule has 1 amide bonds. The number of nitrogens with zero attached hydrogens (tertiary/aromatic N) is 3. The zero-order chi connectivity index (χ0) is 15.3. The lowest BCUT2D eigenvalue weighted by Gasteiger charge is -2.20. The van der Waals surface area contributed by atoms with E-state index in [1.807, 2.05) is 20.8 Å². The number of carbonyl (C=O) groups excluding carboxylic acids is 1. The molecule has 1 N–H and O–H groups in total. The van der Waals surface area contributed by atoms with Crippen molar-refractivity contribution in [2.45, 2.75) is 39.3 Å². The van der Waals surface area contributed by atoms with E-state index in [1.54, 1.807) is 18.6 Å². The Morgan fingerprint density at radius 2 is 2.29 bits per heavy atom. The van der Waals surface area contributed by atoms with Crippen LogP contribution in [0.5, 0.6) is 0 Å². The number of likely N-dealkylation sites (tertiary alicyclic amines) is 1. The summed E-state index contributed by atoms with van der Waals surface area (Å²) in [5, 5.41) is 2.85. The van der Waals surface area contributed by atoms with Gasteiger partial charge in [-0.05, 0) is 39.7 Å². The van der Waals surface area contributed by atoms with Crippen LogP contribution in [-0.4, -0.2) is 46.2 Å². The zero-order valence-corrected chi connectivity index (χ0v) is 13.0. The van der Waals surface area contributed by atoms with E-state index in [-0.39, 0.29) is 6.09 Å². The van der Waals surface area contributed by atoms with Gasteiger partial charge < -0.3 is 10.1 Å². The van der Waals surface area contributed by atoms with Crippen molar-refractivity contribution in [2.75, 3.05) is 19.6 Å². The molecule has 0 unspecified atom stereocenters. The quantitative estimate of drug-likeness (QED) is 0.917. The molecular formula is C15H24N4O2. The van der Waals surface area contributed by atoms with Gasteiger partial charge in [-0.25, -0.2) is 4.79 Å². The number of rotatable bonds is 4. The molecule has 0 aliphatic carbocycles. The predicted molar refractivity (Wildman–Crippen MR) is 79.7 cm³/mol. The van der Waals surface area contributed by atoms with Gasteiger partial charge in [-0.15, -0.1) is 0 Å². The molecule has 1 aliphatic heterocycles. The maximum absolute atomic E-state index is 11.6. The lowest BCUT2D eigenvalue weighted by atomic mass is 10.1. The number of carbonyl (C=O) groups is 1. The molecule has 0 aromatic carbocycles. The highest BCUT2D eigenvalue weighted by atomic mass is 16.6. The molecule has 1 atom stereocenters. The predicted octanol–water partition coefficient (Wildman–Crippen LogP) is 1.82. The van der Waals surface area contributed by atoms with E-state index in [4.69, 9.17) is 4.74 Å². The number of aromatic nitrogens is 2. The van der Waals surface area contributed by atoms with Gasteiger partial charge in [-0.2, -0.15) is 0 Å². The maximum Gasteiger partial charge on any atom is 0.407 e. The average molecular weight is 292 g/mol. The fraction of sp³-hybridized carbons (Fsp3) is 0.667. The number of alkyl carbamates (subject to hydrolysis) is 1. The summed E-state index contributed by atoms with van der Waals surface area (Å²) in [6.07, 6.45) is 5.94. The molecule has 21 heavy (non-hydrogen) atoms. The van der Waals surface area contributed by atoms with Crippen LogP contribution in [0.1, 0.15) is 32.9 Å². The Morgan fingerprint density at radius 3 is 2.95 bits per heavy atom. The lowest BCUT2D eigenvalue weighted by Crippen LogP contribution is -2.36. The van der Waals surface area contributed by atoms with Crippen molar-refractivity contribution in [1.29, 1.82) is 0 Å². The summed E-state index contributed by atoms with van der Waals surface area (Å²) in [7, 11) is 0. The van der Waals surface area contributed by atoms with E-state index < -0.39 is 5.60 Å². The first-order valence-corrected chi connectivity index (χ1v) is 7.36. The summed E-state index contributed by atoms with van der Waals surface area (Å²) in [5.41, 5.74) is 0.538.